The standard InChI is InChI=1S/C10H10Cl2F3N/c11-6-2-1-3-7(12)9(6)8(16)4-5-10(13,14)15/h1-3,8H,4-5,16H2/t8-/m1/s1. The number of alkyl halides is 3. The quantitative estimate of drug-likeness (QED) is 0.870. The van der Waals surface area contributed by atoms with Gasteiger partial charge in [0.1, 0.15) is 0 Å². The summed E-state index contributed by atoms with van der Waals surface area (Å²) in [6.45, 7) is 0. The van der Waals surface area contributed by atoms with Gasteiger partial charge in [0.05, 0.1) is 0 Å². The van der Waals surface area contributed by atoms with Crippen molar-refractivity contribution >= 4 is 23.2 Å². The average molecular weight is 272 g/mol. The first-order chi connectivity index (χ1) is 7.31. The normalized spacial score (nSPS) is 13.9. The Balaban J connectivity index is 2.77. The van der Waals surface area contributed by atoms with E-state index in [1.165, 1.54) is 0 Å². The molecule has 90 valence electrons. The maximum atomic E-state index is 12.0. The Bertz CT molecular complexity index is 345. The molecule has 0 saturated carbocycles. The highest BCUT2D eigenvalue weighted by Gasteiger charge is 2.28. The third kappa shape index (κ3) is 3.85. The molecule has 0 aliphatic carbocycles. The Morgan fingerprint density at radius 3 is 2.12 bits per heavy atom. The Kier molecular flexibility index (Phi) is 4.47. The summed E-state index contributed by atoms with van der Waals surface area (Å²) in [6, 6.07) is 3.92. The maximum Gasteiger partial charge on any atom is 0.389 e. The minimum absolute atomic E-state index is 0.229. The van der Waals surface area contributed by atoms with Crippen molar-refractivity contribution in [3.05, 3.63) is 33.8 Å². The van der Waals surface area contributed by atoms with Crippen LogP contribution in [-0.2, 0) is 0 Å². The van der Waals surface area contributed by atoms with Gasteiger partial charge in [-0.1, -0.05) is 29.3 Å². The second-order valence-electron chi connectivity index (χ2n) is 3.40. The van der Waals surface area contributed by atoms with Crippen LogP contribution in [0.2, 0.25) is 10.0 Å². The fraction of sp³-hybridized carbons (Fsp3) is 0.400. The van der Waals surface area contributed by atoms with Crippen LogP contribution in [0.3, 0.4) is 0 Å². The highest BCUT2D eigenvalue weighted by atomic mass is 35.5. The van der Waals surface area contributed by atoms with E-state index in [0.717, 1.165) is 0 Å². The van der Waals surface area contributed by atoms with Gasteiger partial charge in [-0.25, -0.2) is 0 Å². The Morgan fingerprint density at radius 1 is 1.19 bits per heavy atom. The minimum atomic E-state index is -4.22. The summed E-state index contributed by atoms with van der Waals surface area (Å²) in [5.74, 6) is 0. The van der Waals surface area contributed by atoms with Crippen molar-refractivity contribution in [1.29, 1.82) is 0 Å². The summed E-state index contributed by atoms with van der Waals surface area (Å²) in [7, 11) is 0. The molecule has 1 aromatic rings. The van der Waals surface area contributed by atoms with Crippen molar-refractivity contribution in [3.8, 4) is 0 Å². The lowest BCUT2D eigenvalue weighted by molar-refractivity contribution is -0.136. The highest BCUT2D eigenvalue weighted by molar-refractivity contribution is 6.36. The van der Waals surface area contributed by atoms with E-state index in [1.807, 2.05) is 0 Å². The second kappa shape index (κ2) is 5.25. The molecular weight excluding hydrogens is 262 g/mol. The SMILES string of the molecule is N[C@H](CCC(F)(F)F)c1c(Cl)cccc1Cl. The summed E-state index contributed by atoms with van der Waals surface area (Å²) in [5.41, 5.74) is 6.01. The number of halogens is 5. The average Bonchev–Trinajstić information content (AvgIpc) is 2.13. The molecule has 0 saturated heterocycles. The van der Waals surface area contributed by atoms with Crippen LogP contribution in [0.15, 0.2) is 18.2 Å². The van der Waals surface area contributed by atoms with Crippen LogP contribution in [0, 0.1) is 0 Å². The molecule has 0 aromatic heterocycles. The summed E-state index contributed by atoms with van der Waals surface area (Å²) in [6.07, 6.45) is -5.39. The topological polar surface area (TPSA) is 26.0 Å². The molecule has 1 nitrogen and oxygen atoms in total. The van der Waals surface area contributed by atoms with Gasteiger partial charge >= 0.3 is 6.18 Å². The molecule has 0 aliphatic rings. The van der Waals surface area contributed by atoms with Gasteiger partial charge in [-0.15, -0.1) is 0 Å². The fourth-order valence-electron chi connectivity index (χ4n) is 1.33. The van der Waals surface area contributed by atoms with Crippen LogP contribution in [0.25, 0.3) is 0 Å². The Labute approximate surface area is 101 Å². The van der Waals surface area contributed by atoms with Crippen molar-refractivity contribution in [3.63, 3.8) is 0 Å². The van der Waals surface area contributed by atoms with E-state index >= 15 is 0 Å². The third-order valence-corrected chi connectivity index (χ3v) is 2.77. The van der Waals surface area contributed by atoms with Crippen LogP contribution < -0.4 is 5.73 Å². The van der Waals surface area contributed by atoms with Gasteiger partial charge in [-0.3, -0.25) is 0 Å². The molecule has 0 spiro atoms. The molecule has 1 atom stereocenters. The fourth-order valence-corrected chi connectivity index (χ4v) is 2.01. The van der Waals surface area contributed by atoms with E-state index < -0.39 is 18.6 Å². The van der Waals surface area contributed by atoms with Crippen LogP contribution in [-0.4, -0.2) is 6.18 Å². The van der Waals surface area contributed by atoms with Crippen LogP contribution >= 0.6 is 23.2 Å². The molecule has 1 rings (SSSR count). The van der Waals surface area contributed by atoms with Gasteiger partial charge in [-0.05, 0) is 18.6 Å². The molecule has 0 fully saturated rings. The molecule has 0 unspecified atom stereocenters. The van der Waals surface area contributed by atoms with E-state index in [-0.39, 0.29) is 6.42 Å². The number of nitrogens with two attached hydrogens (primary N) is 1. The van der Waals surface area contributed by atoms with Gasteiger partial charge < -0.3 is 5.73 Å². The zero-order valence-electron chi connectivity index (χ0n) is 8.19. The number of hydrogen-bond donors (Lipinski definition) is 1. The minimum Gasteiger partial charge on any atom is -0.324 e. The first-order valence-corrected chi connectivity index (χ1v) is 5.33. The van der Waals surface area contributed by atoms with Crippen LogP contribution in [0.4, 0.5) is 13.2 Å². The van der Waals surface area contributed by atoms with E-state index in [0.29, 0.717) is 15.6 Å². The lowest BCUT2D eigenvalue weighted by atomic mass is 10.0. The smallest absolute Gasteiger partial charge is 0.324 e. The predicted octanol–water partition coefficient (Wildman–Crippen LogP) is 4.34. The van der Waals surface area contributed by atoms with Gasteiger partial charge in [-0.2, -0.15) is 13.2 Å². The summed E-state index contributed by atoms with van der Waals surface area (Å²) in [4.78, 5) is 0. The zero-order chi connectivity index (χ0) is 12.3. The van der Waals surface area contributed by atoms with E-state index in [9.17, 15) is 13.2 Å². The third-order valence-electron chi connectivity index (χ3n) is 2.11. The van der Waals surface area contributed by atoms with Crippen molar-refractivity contribution in [2.45, 2.75) is 25.1 Å². The first-order valence-electron chi connectivity index (χ1n) is 4.57. The summed E-state index contributed by atoms with van der Waals surface area (Å²) >= 11 is 11.7. The van der Waals surface area contributed by atoms with Crippen molar-refractivity contribution < 1.29 is 13.2 Å². The monoisotopic (exact) mass is 271 g/mol. The molecule has 2 N–H and O–H groups in total. The summed E-state index contributed by atoms with van der Waals surface area (Å²) in [5, 5.41) is 0.587. The maximum absolute atomic E-state index is 12.0. The van der Waals surface area contributed by atoms with Crippen LogP contribution in [0.5, 0.6) is 0 Å². The van der Waals surface area contributed by atoms with Crippen molar-refractivity contribution in [2.75, 3.05) is 0 Å². The lowest BCUT2D eigenvalue weighted by Gasteiger charge is -2.16. The Morgan fingerprint density at radius 2 is 1.69 bits per heavy atom. The number of benzene rings is 1. The van der Waals surface area contributed by atoms with Crippen molar-refractivity contribution in [1.82, 2.24) is 0 Å². The molecule has 0 radical (unpaired) electrons. The van der Waals surface area contributed by atoms with Crippen molar-refractivity contribution in [2.24, 2.45) is 5.73 Å². The van der Waals surface area contributed by atoms with Gasteiger partial charge in [0.25, 0.3) is 0 Å². The molecule has 0 aliphatic heterocycles. The van der Waals surface area contributed by atoms with E-state index in [4.69, 9.17) is 28.9 Å². The first kappa shape index (κ1) is 13.6. The van der Waals surface area contributed by atoms with E-state index in [2.05, 4.69) is 0 Å². The molecule has 0 heterocycles. The second-order valence-corrected chi connectivity index (χ2v) is 4.21. The van der Waals surface area contributed by atoms with Gasteiger partial charge in [0.2, 0.25) is 0 Å². The Hall–Kier alpha value is -0.450. The predicted molar refractivity (Wildman–Crippen MR) is 58.7 cm³/mol. The molecule has 1 aromatic carbocycles. The molecule has 0 amide bonds. The van der Waals surface area contributed by atoms with E-state index in [1.54, 1.807) is 18.2 Å². The van der Waals surface area contributed by atoms with Gasteiger partial charge in [0.15, 0.2) is 0 Å². The van der Waals surface area contributed by atoms with Gasteiger partial charge in [0, 0.05) is 28.1 Å². The largest absolute Gasteiger partial charge is 0.389 e. The highest BCUT2D eigenvalue weighted by Crippen LogP contribution is 2.33. The number of rotatable bonds is 3. The molecular formula is C10H10Cl2F3N. The van der Waals surface area contributed by atoms with Crippen LogP contribution in [0.1, 0.15) is 24.4 Å². The number of hydrogen-bond acceptors (Lipinski definition) is 1. The molecule has 0 bridgehead atoms. The zero-order valence-corrected chi connectivity index (χ0v) is 9.70. The molecule has 6 heteroatoms. The molecule has 16 heavy (non-hydrogen) atoms. The summed E-state index contributed by atoms with van der Waals surface area (Å²) < 4.78 is 36.0. The lowest BCUT2D eigenvalue weighted by Crippen LogP contribution is -2.16.